The maximum absolute atomic E-state index is 13.1. The van der Waals surface area contributed by atoms with Crippen LogP contribution in [0.4, 0.5) is 0 Å². The summed E-state index contributed by atoms with van der Waals surface area (Å²) in [6.07, 6.45) is 6.24. The lowest BCUT2D eigenvalue weighted by Crippen LogP contribution is -2.44. The second kappa shape index (κ2) is 8.43. The van der Waals surface area contributed by atoms with E-state index in [9.17, 15) is 14.4 Å². The van der Waals surface area contributed by atoms with E-state index in [2.05, 4.69) is 10.3 Å². The molecule has 1 saturated carbocycles. The highest BCUT2D eigenvalue weighted by molar-refractivity contribution is 5.79. The number of nitrogens with one attached hydrogen (secondary N) is 1. The zero-order valence-corrected chi connectivity index (χ0v) is 16.2. The van der Waals surface area contributed by atoms with Crippen LogP contribution in [-0.2, 0) is 24.3 Å². The molecule has 1 fully saturated rings. The van der Waals surface area contributed by atoms with Gasteiger partial charge < -0.3 is 5.32 Å². The van der Waals surface area contributed by atoms with E-state index in [4.69, 9.17) is 0 Å². The first-order chi connectivity index (χ1) is 14.1. The van der Waals surface area contributed by atoms with Crippen LogP contribution in [0.25, 0.3) is 11.0 Å². The van der Waals surface area contributed by atoms with Gasteiger partial charge in [-0.2, -0.15) is 0 Å². The Morgan fingerprint density at radius 1 is 1.03 bits per heavy atom. The van der Waals surface area contributed by atoms with E-state index in [-0.39, 0.29) is 30.6 Å². The molecule has 4 rings (SSSR count). The highest BCUT2D eigenvalue weighted by Gasteiger charge is 2.20. The van der Waals surface area contributed by atoms with Crippen LogP contribution in [0, 0.1) is 0 Å². The van der Waals surface area contributed by atoms with Gasteiger partial charge in [-0.1, -0.05) is 43.2 Å². The molecular formula is C22H24N4O3. The summed E-state index contributed by atoms with van der Waals surface area (Å²) in [4.78, 5) is 42.7. The Balaban J connectivity index is 1.67. The highest BCUT2D eigenvalue weighted by Crippen LogP contribution is 2.17. The van der Waals surface area contributed by atoms with E-state index in [1.165, 1.54) is 15.3 Å². The van der Waals surface area contributed by atoms with Crippen LogP contribution in [-0.4, -0.2) is 26.1 Å². The van der Waals surface area contributed by atoms with Crippen molar-refractivity contribution in [1.29, 1.82) is 0 Å². The second-order valence-corrected chi connectivity index (χ2v) is 7.48. The molecule has 0 bridgehead atoms. The molecule has 7 nitrogen and oxygen atoms in total. The topological polar surface area (TPSA) is 86.0 Å². The third kappa shape index (κ3) is 4.13. The predicted octanol–water partition coefficient (Wildman–Crippen LogP) is 1.86. The molecular weight excluding hydrogens is 368 g/mol. The molecule has 1 amide bonds. The molecule has 1 N–H and O–H groups in total. The Morgan fingerprint density at radius 3 is 2.55 bits per heavy atom. The van der Waals surface area contributed by atoms with Crippen LogP contribution in [0.1, 0.15) is 31.2 Å². The fourth-order valence-electron chi connectivity index (χ4n) is 3.97. The maximum Gasteiger partial charge on any atom is 0.332 e. The molecule has 7 heteroatoms. The molecule has 1 aliphatic carbocycles. The monoisotopic (exact) mass is 392 g/mol. The number of aromatic nitrogens is 3. The zero-order chi connectivity index (χ0) is 20.2. The minimum absolute atomic E-state index is 0.122. The average molecular weight is 392 g/mol. The Morgan fingerprint density at radius 2 is 1.79 bits per heavy atom. The van der Waals surface area contributed by atoms with Gasteiger partial charge in [0, 0.05) is 18.8 Å². The minimum atomic E-state index is -0.479. The number of nitrogens with zero attached hydrogens (tertiary/aromatic N) is 3. The van der Waals surface area contributed by atoms with Gasteiger partial charge in [-0.3, -0.25) is 18.7 Å². The van der Waals surface area contributed by atoms with Crippen molar-refractivity contribution in [3.8, 4) is 0 Å². The predicted molar refractivity (Wildman–Crippen MR) is 111 cm³/mol. The largest absolute Gasteiger partial charge is 0.352 e. The third-order valence-electron chi connectivity index (χ3n) is 5.48. The minimum Gasteiger partial charge on any atom is -0.352 e. The van der Waals surface area contributed by atoms with Gasteiger partial charge in [-0.25, -0.2) is 9.78 Å². The van der Waals surface area contributed by atoms with Crippen molar-refractivity contribution < 1.29 is 4.79 Å². The smallest absolute Gasteiger partial charge is 0.332 e. The molecule has 1 aromatic carbocycles. The summed E-state index contributed by atoms with van der Waals surface area (Å²) < 4.78 is 2.55. The van der Waals surface area contributed by atoms with Gasteiger partial charge in [-0.15, -0.1) is 0 Å². The van der Waals surface area contributed by atoms with Gasteiger partial charge in [0.2, 0.25) is 5.91 Å². The molecule has 0 saturated heterocycles. The van der Waals surface area contributed by atoms with Gasteiger partial charge >= 0.3 is 5.69 Å². The number of pyridine rings is 1. The molecule has 29 heavy (non-hydrogen) atoms. The van der Waals surface area contributed by atoms with E-state index < -0.39 is 11.2 Å². The fourth-order valence-corrected chi connectivity index (χ4v) is 3.97. The first-order valence-corrected chi connectivity index (χ1v) is 10.0. The number of carbonyl (C=O) groups excluding carboxylic acids is 1. The van der Waals surface area contributed by atoms with Crippen molar-refractivity contribution in [2.24, 2.45) is 0 Å². The van der Waals surface area contributed by atoms with Crippen LogP contribution >= 0.6 is 0 Å². The van der Waals surface area contributed by atoms with Crippen molar-refractivity contribution in [3.05, 3.63) is 75.1 Å². The van der Waals surface area contributed by atoms with Gasteiger partial charge in [0.15, 0.2) is 5.52 Å². The number of amides is 1. The van der Waals surface area contributed by atoms with Gasteiger partial charge in [0.05, 0.1) is 5.52 Å². The first-order valence-electron chi connectivity index (χ1n) is 10.0. The summed E-state index contributed by atoms with van der Waals surface area (Å²) in [5, 5.41) is 3.00. The van der Waals surface area contributed by atoms with Crippen molar-refractivity contribution in [2.75, 3.05) is 0 Å². The zero-order valence-electron chi connectivity index (χ0n) is 16.2. The lowest BCUT2D eigenvalue weighted by atomic mass is 10.1. The molecule has 2 aromatic heterocycles. The molecule has 0 radical (unpaired) electrons. The Hall–Kier alpha value is -3.22. The molecule has 1 aliphatic rings. The van der Waals surface area contributed by atoms with Crippen LogP contribution < -0.4 is 16.6 Å². The maximum atomic E-state index is 13.1. The van der Waals surface area contributed by atoms with E-state index in [1.807, 2.05) is 30.3 Å². The summed E-state index contributed by atoms with van der Waals surface area (Å²) >= 11 is 0. The van der Waals surface area contributed by atoms with Crippen molar-refractivity contribution >= 4 is 16.9 Å². The number of aryl methyl sites for hydroxylation is 1. The molecule has 0 spiro atoms. The normalized spacial score (nSPS) is 14.3. The number of carbonyl (C=O) groups is 1. The summed E-state index contributed by atoms with van der Waals surface area (Å²) in [5.41, 5.74) is 0.723. The van der Waals surface area contributed by atoms with Crippen LogP contribution in [0.2, 0.25) is 0 Å². The van der Waals surface area contributed by atoms with Crippen molar-refractivity contribution in [1.82, 2.24) is 19.4 Å². The van der Waals surface area contributed by atoms with Crippen LogP contribution in [0.3, 0.4) is 0 Å². The lowest BCUT2D eigenvalue weighted by Gasteiger charge is -2.16. The number of fused-ring (bicyclic) bond motifs is 1. The van der Waals surface area contributed by atoms with Gasteiger partial charge in [0.1, 0.15) is 6.54 Å². The van der Waals surface area contributed by atoms with Crippen LogP contribution in [0.5, 0.6) is 0 Å². The summed E-state index contributed by atoms with van der Waals surface area (Å²) in [6, 6.07) is 13.2. The number of benzene rings is 1. The molecule has 0 unspecified atom stereocenters. The van der Waals surface area contributed by atoms with E-state index >= 15 is 0 Å². The first kappa shape index (κ1) is 19.1. The SMILES string of the molecule is O=C(Cn1c(=O)n(CCc2ccccc2)c(=O)c2ncccc21)NC1CCCC1. The highest BCUT2D eigenvalue weighted by atomic mass is 16.2. The average Bonchev–Trinajstić information content (AvgIpc) is 3.25. The van der Waals surface area contributed by atoms with Crippen LogP contribution in [0.15, 0.2) is 58.3 Å². The van der Waals surface area contributed by atoms with Gasteiger partial charge in [0.25, 0.3) is 5.56 Å². The lowest BCUT2D eigenvalue weighted by molar-refractivity contribution is -0.122. The number of hydrogen-bond donors (Lipinski definition) is 1. The molecule has 2 heterocycles. The molecule has 0 atom stereocenters. The Bertz CT molecular complexity index is 1130. The van der Waals surface area contributed by atoms with E-state index in [1.54, 1.807) is 12.1 Å². The summed E-state index contributed by atoms with van der Waals surface area (Å²) in [5.74, 6) is -0.211. The van der Waals surface area contributed by atoms with Crippen molar-refractivity contribution in [3.63, 3.8) is 0 Å². The quantitative estimate of drug-likeness (QED) is 0.694. The molecule has 3 aromatic rings. The standard InChI is InChI=1S/C22H24N4O3/c27-19(24-17-9-4-5-10-17)15-26-18-11-6-13-23-20(18)21(28)25(22(26)29)14-12-16-7-2-1-3-8-16/h1-3,6-8,11,13,17H,4-5,9-10,12,14-15H2,(H,24,27). The third-order valence-corrected chi connectivity index (χ3v) is 5.48. The summed E-state index contributed by atoms with van der Waals surface area (Å²) in [7, 11) is 0. The second-order valence-electron chi connectivity index (χ2n) is 7.48. The Labute approximate surface area is 168 Å². The molecule has 150 valence electrons. The van der Waals surface area contributed by atoms with Gasteiger partial charge in [-0.05, 0) is 37.0 Å². The van der Waals surface area contributed by atoms with E-state index in [0.29, 0.717) is 11.9 Å². The molecule has 0 aliphatic heterocycles. The number of rotatable bonds is 6. The van der Waals surface area contributed by atoms with E-state index in [0.717, 1.165) is 31.2 Å². The van der Waals surface area contributed by atoms with Crippen molar-refractivity contribution in [2.45, 2.75) is 51.2 Å². The number of hydrogen-bond acceptors (Lipinski definition) is 4. The Kier molecular flexibility index (Phi) is 5.55. The summed E-state index contributed by atoms with van der Waals surface area (Å²) in [6.45, 7) is 0.113. The fraction of sp³-hybridized carbons (Fsp3) is 0.364.